The molecular formula is C11H23N. The standard InChI is InChI=1S/C11H23N/c1-10(2)11-6-3-4-8-12-9-5-7-11/h10-12H,3-9H2,1-2H3. The van der Waals surface area contributed by atoms with Gasteiger partial charge in [-0.05, 0) is 44.2 Å². The first-order chi connectivity index (χ1) is 5.80. The molecule has 1 fully saturated rings. The van der Waals surface area contributed by atoms with Gasteiger partial charge in [-0.15, -0.1) is 0 Å². The van der Waals surface area contributed by atoms with Crippen molar-refractivity contribution in [1.82, 2.24) is 5.32 Å². The van der Waals surface area contributed by atoms with Crippen molar-refractivity contribution in [3.8, 4) is 0 Å². The smallest absolute Gasteiger partial charge is 0.00488 e. The molecule has 0 aromatic heterocycles. The van der Waals surface area contributed by atoms with Gasteiger partial charge in [0.1, 0.15) is 0 Å². The zero-order valence-electron chi connectivity index (χ0n) is 8.60. The van der Waals surface area contributed by atoms with Crippen LogP contribution in [0, 0.1) is 11.8 Å². The third-order valence-corrected chi connectivity index (χ3v) is 3.05. The molecule has 1 heterocycles. The Morgan fingerprint density at radius 1 is 1.00 bits per heavy atom. The number of hydrogen-bond donors (Lipinski definition) is 1. The van der Waals surface area contributed by atoms with Gasteiger partial charge in [-0.3, -0.25) is 0 Å². The summed E-state index contributed by atoms with van der Waals surface area (Å²) in [5, 5.41) is 3.49. The Hall–Kier alpha value is -0.0400. The van der Waals surface area contributed by atoms with Crippen LogP contribution in [0.4, 0.5) is 0 Å². The molecule has 1 saturated heterocycles. The molecule has 0 aromatic rings. The van der Waals surface area contributed by atoms with E-state index in [1.165, 1.54) is 45.2 Å². The van der Waals surface area contributed by atoms with Crippen LogP contribution in [0.1, 0.15) is 46.0 Å². The zero-order chi connectivity index (χ0) is 8.81. The summed E-state index contributed by atoms with van der Waals surface area (Å²) in [6, 6.07) is 0. The minimum Gasteiger partial charge on any atom is -0.317 e. The van der Waals surface area contributed by atoms with E-state index in [9.17, 15) is 0 Å². The molecule has 0 aromatic carbocycles. The molecule has 1 nitrogen and oxygen atoms in total. The van der Waals surface area contributed by atoms with Crippen LogP contribution < -0.4 is 5.32 Å². The topological polar surface area (TPSA) is 12.0 Å². The first-order valence-corrected chi connectivity index (χ1v) is 5.51. The van der Waals surface area contributed by atoms with Crippen molar-refractivity contribution in [3.05, 3.63) is 0 Å². The summed E-state index contributed by atoms with van der Waals surface area (Å²) in [7, 11) is 0. The summed E-state index contributed by atoms with van der Waals surface area (Å²) in [6.07, 6.45) is 7.08. The highest BCUT2D eigenvalue weighted by atomic mass is 14.8. The van der Waals surface area contributed by atoms with Gasteiger partial charge in [0.05, 0.1) is 0 Å². The van der Waals surface area contributed by atoms with Crippen LogP contribution in [0.3, 0.4) is 0 Å². The number of hydrogen-bond acceptors (Lipinski definition) is 1. The summed E-state index contributed by atoms with van der Waals surface area (Å²) >= 11 is 0. The molecule has 1 aliphatic rings. The summed E-state index contributed by atoms with van der Waals surface area (Å²) < 4.78 is 0. The monoisotopic (exact) mass is 169 g/mol. The molecule has 0 amide bonds. The molecule has 0 bridgehead atoms. The van der Waals surface area contributed by atoms with E-state index in [1.807, 2.05) is 0 Å². The predicted molar refractivity (Wildman–Crippen MR) is 54.3 cm³/mol. The largest absolute Gasteiger partial charge is 0.317 e. The van der Waals surface area contributed by atoms with Crippen LogP contribution in [0.5, 0.6) is 0 Å². The first kappa shape index (κ1) is 10.0. The predicted octanol–water partition coefficient (Wildman–Crippen LogP) is 2.81. The summed E-state index contributed by atoms with van der Waals surface area (Å²) in [4.78, 5) is 0. The highest BCUT2D eigenvalue weighted by molar-refractivity contribution is 4.66. The van der Waals surface area contributed by atoms with Gasteiger partial charge >= 0.3 is 0 Å². The fraction of sp³-hybridized carbons (Fsp3) is 1.00. The first-order valence-electron chi connectivity index (χ1n) is 5.51. The van der Waals surface area contributed by atoms with Gasteiger partial charge in [0.15, 0.2) is 0 Å². The Labute approximate surface area is 76.9 Å². The fourth-order valence-corrected chi connectivity index (χ4v) is 2.08. The Morgan fingerprint density at radius 3 is 2.42 bits per heavy atom. The minimum absolute atomic E-state index is 0.892. The molecule has 72 valence electrons. The van der Waals surface area contributed by atoms with Crippen molar-refractivity contribution < 1.29 is 0 Å². The van der Waals surface area contributed by atoms with E-state index in [4.69, 9.17) is 0 Å². The van der Waals surface area contributed by atoms with Crippen molar-refractivity contribution in [2.45, 2.75) is 46.0 Å². The molecule has 1 atom stereocenters. The molecule has 12 heavy (non-hydrogen) atoms. The third-order valence-electron chi connectivity index (χ3n) is 3.05. The van der Waals surface area contributed by atoms with Gasteiger partial charge in [-0.2, -0.15) is 0 Å². The zero-order valence-corrected chi connectivity index (χ0v) is 8.60. The van der Waals surface area contributed by atoms with E-state index in [0.717, 1.165) is 11.8 Å². The van der Waals surface area contributed by atoms with Crippen molar-refractivity contribution >= 4 is 0 Å². The van der Waals surface area contributed by atoms with Crippen LogP contribution >= 0.6 is 0 Å². The summed E-state index contributed by atoms with van der Waals surface area (Å²) in [5.74, 6) is 1.88. The van der Waals surface area contributed by atoms with Gasteiger partial charge in [0.25, 0.3) is 0 Å². The van der Waals surface area contributed by atoms with Gasteiger partial charge in [-0.1, -0.05) is 26.7 Å². The molecule has 1 rings (SSSR count). The van der Waals surface area contributed by atoms with E-state index < -0.39 is 0 Å². The second-order valence-corrected chi connectivity index (χ2v) is 4.39. The molecule has 1 unspecified atom stereocenters. The van der Waals surface area contributed by atoms with Crippen LogP contribution in [0.2, 0.25) is 0 Å². The molecule has 0 spiro atoms. The quantitative estimate of drug-likeness (QED) is 0.636. The van der Waals surface area contributed by atoms with Gasteiger partial charge < -0.3 is 5.32 Å². The Kier molecular flexibility index (Phi) is 4.67. The molecule has 0 saturated carbocycles. The molecule has 1 aliphatic heterocycles. The third kappa shape index (κ3) is 3.57. The van der Waals surface area contributed by atoms with Gasteiger partial charge in [0, 0.05) is 0 Å². The second-order valence-electron chi connectivity index (χ2n) is 4.39. The van der Waals surface area contributed by atoms with E-state index >= 15 is 0 Å². The molecule has 1 N–H and O–H groups in total. The lowest BCUT2D eigenvalue weighted by molar-refractivity contribution is 0.327. The summed E-state index contributed by atoms with van der Waals surface area (Å²) in [6.45, 7) is 7.22. The van der Waals surface area contributed by atoms with Gasteiger partial charge in [-0.25, -0.2) is 0 Å². The average molecular weight is 169 g/mol. The fourth-order valence-electron chi connectivity index (χ4n) is 2.08. The lowest BCUT2D eigenvalue weighted by Crippen LogP contribution is -2.16. The number of rotatable bonds is 1. The SMILES string of the molecule is CC(C)C1CCCCNCCC1. The second kappa shape index (κ2) is 5.58. The maximum atomic E-state index is 3.49. The van der Waals surface area contributed by atoms with Crippen molar-refractivity contribution in [2.75, 3.05) is 13.1 Å². The Morgan fingerprint density at radius 2 is 1.67 bits per heavy atom. The Bertz CT molecular complexity index is 99.6. The van der Waals surface area contributed by atoms with Crippen molar-refractivity contribution in [2.24, 2.45) is 11.8 Å². The van der Waals surface area contributed by atoms with Crippen LogP contribution in [0.15, 0.2) is 0 Å². The number of nitrogens with one attached hydrogen (secondary N) is 1. The Balaban J connectivity index is 2.28. The highest BCUT2D eigenvalue weighted by Gasteiger charge is 2.13. The maximum Gasteiger partial charge on any atom is -0.00488 e. The van der Waals surface area contributed by atoms with E-state index in [1.54, 1.807) is 0 Å². The summed E-state index contributed by atoms with van der Waals surface area (Å²) in [5.41, 5.74) is 0. The van der Waals surface area contributed by atoms with Crippen LogP contribution in [0.25, 0.3) is 0 Å². The average Bonchev–Trinajstić information content (AvgIpc) is 2.15. The van der Waals surface area contributed by atoms with Crippen molar-refractivity contribution in [3.63, 3.8) is 0 Å². The minimum atomic E-state index is 0.892. The van der Waals surface area contributed by atoms with Crippen LogP contribution in [-0.2, 0) is 0 Å². The van der Waals surface area contributed by atoms with E-state index in [0.29, 0.717) is 0 Å². The lowest BCUT2D eigenvalue weighted by Gasteiger charge is -2.19. The maximum absolute atomic E-state index is 3.49. The molecular weight excluding hydrogens is 146 g/mol. The molecule has 0 aliphatic carbocycles. The van der Waals surface area contributed by atoms with Gasteiger partial charge in [0.2, 0.25) is 0 Å². The normalized spacial score (nSPS) is 27.8. The van der Waals surface area contributed by atoms with E-state index in [2.05, 4.69) is 19.2 Å². The molecule has 0 radical (unpaired) electrons. The van der Waals surface area contributed by atoms with E-state index in [-0.39, 0.29) is 0 Å². The lowest BCUT2D eigenvalue weighted by atomic mass is 9.87. The van der Waals surface area contributed by atoms with Crippen LogP contribution in [-0.4, -0.2) is 13.1 Å². The van der Waals surface area contributed by atoms with Crippen molar-refractivity contribution in [1.29, 1.82) is 0 Å². The highest BCUT2D eigenvalue weighted by Crippen LogP contribution is 2.23. The molecule has 1 heteroatoms.